The zero-order chi connectivity index (χ0) is 9.42. The third-order valence-electron chi connectivity index (χ3n) is 1.72. The van der Waals surface area contributed by atoms with Crippen LogP contribution in [-0.4, -0.2) is 21.0 Å². The predicted molar refractivity (Wildman–Crippen MR) is 50.8 cm³/mol. The zero-order valence-corrected chi connectivity index (χ0v) is 8.00. The van der Waals surface area contributed by atoms with Gasteiger partial charge in [0.15, 0.2) is 0 Å². The fourth-order valence-electron chi connectivity index (χ4n) is 1.13. The number of aromatic carboxylic acids is 1. The summed E-state index contributed by atoms with van der Waals surface area (Å²) in [5.41, 5.74) is 0.927. The van der Waals surface area contributed by atoms with Gasteiger partial charge in [-0.3, -0.25) is 4.98 Å². The molecule has 0 aliphatic rings. The molecular weight excluding hydrogens is 236 g/mol. The molecule has 0 spiro atoms. The molecule has 2 heterocycles. The molecule has 2 N–H and O–H groups in total. The Morgan fingerprint density at radius 1 is 1.54 bits per heavy atom. The predicted octanol–water partition coefficient (Wildman–Crippen LogP) is 2.02. The van der Waals surface area contributed by atoms with Crippen molar-refractivity contribution < 1.29 is 9.90 Å². The van der Waals surface area contributed by atoms with E-state index in [0.29, 0.717) is 0 Å². The van der Waals surface area contributed by atoms with E-state index >= 15 is 0 Å². The van der Waals surface area contributed by atoms with Crippen molar-refractivity contribution in [2.75, 3.05) is 0 Å². The molecule has 0 aliphatic heterocycles. The molecule has 2 aromatic rings. The van der Waals surface area contributed by atoms with Crippen LogP contribution in [0.2, 0.25) is 0 Å². The van der Waals surface area contributed by atoms with Crippen molar-refractivity contribution in [1.82, 2.24) is 9.97 Å². The van der Waals surface area contributed by atoms with Crippen molar-refractivity contribution in [3.05, 3.63) is 28.6 Å². The van der Waals surface area contributed by atoms with Crippen LogP contribution in [0.15, 0.2) is 22.9 Å². The van der Waals surface area contributed by atoms with E-state index in [9.17, 15) is 4.79 Å². The molecule has 0 aromatic carbocycles. The standard InChI is InChI=1S/C8H5BrN2O2/c9-5-3-10-2-4-1-6(8(12)13)11-7(4)5/h1-3,11H,(H,12,13). The number of H-pyrrole nitrogens is 1. The van der Waals surface area contributed by atoms with Gasteiger partial charge in [0.25, 0.3) is 0 Å². The molecule has 5 heteroatoms. The topological polar surface area (TPSA) is 66.0 Å². The summed E-state index contributed by atoms with van der Waals surface area (Å²) >= 11 is 3.27. The summed E-state index contributed by atoms with van der Waals surface area (Å²) in [7, 11) is 0. The van der Waals surface area contributed by atoms with Crippen LogP contribution in [-0.2, 0) is 0 Å². The highest BCUT2D eigenvalue weighted by atomic mass is 79.9. The van der Waals surface area contributed by atoms with E-state index in [1.165, 1.54) is 0 Å². The third kappa shape index (κ3) is 1.31. The van der Waals surface area contributed by atoms with Crippen LogP contribution in [0.4, 0.5) is 0 Å². The summed E-state index contributed by atoms with van der Waals surface area (Å²) in [6, 6.07) is 1.55. The van der Waals surface area contributed by atoms with Crippen LogP contribution >= 0.6 is 15.9 Å². The Bertz CT molecular complexity index is 478. The number of fused-ring (bicyclic) bond motifs is 1. The molecule has 2 aromatic heterocycles. The number of hydrogen-bond donors (Lipinski definition) is 2. The monoisotopic (exact) mass is 240 g/mol. The number of nitrogens with one attached hydrogen (secondary N) is 1. The first-order valence-corrected chi connectivity index (χ1v) is 4.33. The number of nitrogens with zero attached hydrogens (tertiary/aromatic N) is 1. The molecule has 0 fully saturated rings. The molecule has 0 saturated carbocycles. The van der Waals surface area contributed by atoms with Crippen molar-refractivity contribution in [3.8, 4) is 0 Å². The number of hydrogen-bond acceptors (Lipinski definition) is 2. The number of carboxylic acid groups (broad SMARTS) is 1. The summed E-state index contributed by atoms with van der Waals surface area (Å²) in [6.45, 7) is 0. The second-order valence-electron chi connectivity index (χ2n) is 2.57. The number of halogens is 1. The molecule has 13 heavy (non-hydrogen) atoms. The first kappa shape index (κ1) is 8.25. The minimum absolute atomic E-state index is 0.170. The minimum atomic E-state index is -0.969. The van der Waals surface area contributed by atoms with Crippen molar-refractivity contribution >= 4 is 32.8 Å². The van der Waals surface area contributed by atoms with Crippen LogP contribution in [0.3, 0.4) is 0 Å². The Labute approximate surface area is 81.7 Å². The number of aromatic amines is 1. The lowest BCUT2D eigenvalue weighted by Gasteiger charge is -1.90. The smallest absolute Gasteiger partial charge is 0.352 e. The van der Waals surface area contributed by atoms with Gasteiger partial charge in [-0.15, -0.1) is 0 Å². The fourth-order valence-corrected chi connectivity index (χ4v) is 1.58. The highest BCUT2D eigenvalue weighted by molar-refractivity contribution is 9.10. The summed E-state index contributed by atoms with van der Waals surface area (Å²) in [5, 5.41) is 9.49. The largest absolute Gasteiger partial charge is 0.477 e. The van der Waals surface area contributed by atoms with E-state index in [1.54, 1.807) is 18.5 Å². The minimum Gasteiger partial charge on any atom is -0.477 e. The van der Waals surface area contributed by atoms with E-state index < -0.39 is 5.97 Å². The molecule has 0 radical (unpaired) electrons. The van der Waals surface area contributed by atoms with Crippen LogP contribution in [0.25, 0.3) is 10.9 Å². The summed E-state index contributed by atoms with van der Waals surface area (Å²) in [5.74, 6) is -0.969. The Morgan fingerprint density at radius 3 is 2.92 bits per heavy atom. The van der Waals surface area contributed by atoms with Gasteiger partial charge in [0.1, 0.15) is 5.69 Å². The van der Waals surface area contributed by atoms with Crippen molar-refractivity contribution in [2.45, 2.75) is 0 Å². The van der Waals surface area contributed by atoms with Gasteiger partial charge in [-0.05, 0) is 22.0 Å². The molecule has 0 aliphatic carbocycles. The van der Waals surface area contributed by atoms with Gasteiger partial charge in [-0.2, -0.15) is 0 Å². The van der Waals surface area contributed by atoms with Gasteiger partial charge in [0.2, 0.25) is 0 Å². The summed E-state index contributed by atoms with van der Waals surface area (Å²) in [6.07, 6.45) is 3.23. The molecular formula is C8H5BrN2O2. The Hall–Kier alpha value is -1.36. The zero-order valence-electron chi connectivity index (χ0n) is 6.41. The maximum absolute atomic E-state index is 10.6. The van der Waals surface area contributed by atoms with Crippen molar-refractivity contribution in [3.63, 3.8) is 0 Å². The van der Waals surface area contributed by atoms with Gasteiger partial charge in [-0.25, -0.2) is 4.79 Å². The highest BCUT2D eigenvalue weighted by Gasteiger charge is 2.08. The molecule has 0 amide bonds. The lowest BCUT2D eigenvalue weighted by molar-refractivity contribution is 0.0691. The van der Waals surface area contributed by atoms with Crippen LogP contribution < -0.4 is 0 Å². The number of aromatic nitrogens is 2. The summed E-state index contributed by atoms with van der Waals surface area (Å²) in [4.78, 5) is 17.3. The second kappa shape index (κ2) is 2.85. The number of carbonyl (C=O) groups is 1. The van der Waals surface area contributed by atoms with Crippen molar-refractivity contribution in [2.24, 2.45) is 0 Å². The van der Waals surface area contributed by atoms with E-state index in [-0.39, 0.29) is 5.69 Å². The van der Waals surface area contributed by atoms with E-state index in [1.807, 2.05) is 0 Å². The first-order chi connectivity index (χ1) is 6.18. The average Bonchev–Trinajstić information content (AvgIpc) is 2.49. The molecule has 2 rings (SSSR count). The van der Waals surface area contributed by atoms with Crippen LogP contribution in [0.5, 0.6) is 0 Å². The van der Waals surface area contributed by atoms with Gasteiger partial charge in [0, 0.05) is 17.8 Å². The average molecular weight is 241 g/mol. The Kier molecular flexibility index (Phi) is 1.81. The SMILES string of the molecule is O=C(O)c1cc2cncc(Br)c2[nH]1. The molecule has 4 nitrogen and oxygen atoms in total. The molecule has 0 atom stereocenters. The molecule has 66 valence electrons. The number of carboxylic acids is 1. The van der Waals surface area contributed by atoms with E-state index in [2.05, 4.69) is 25.9 Å². The summed E-state index contributed by atoms with van der Waals surface area (Å²) < 4.78 is 0.762. The van der Waals surface area contributed by atoms with Crippen LogP contribution in [0, 0.1) is 0 Å². The Morgan fingerprint density at radius 2 is 2.31 bits per heavy atom. The molecule has 0 bridgehead atoms. The van der Waals surface area contributed by atoms with Crippen LogP contribution in [0.1, 0.15) is 10.5 Å². The van der Waals surface area contributed by atoms with Gasteiger partial charge < -0.3 is 10.1 Å². The molecule has 0 unspecified atom stereocenters. The van der Waals surface area contributed by atoms with Crippen molar-refractivity contribution in [1.29, 1.82) is 0 Å². The van der Waals surface area contributed by atoms with Gasteiger partial charge in [0.05, 0.1) is 9.99 Å². The normalized spacial score (nSPS) is 10.5. The van der Waals surface area contributed by atoms with E-state index in [0.717, 1.165) is 15.4 Å². The maximum Gasteiger partial charge on any atom is 0.352 e. The lowest BCUT2D eigenvalue weighted by Crippen LogP contribution is -1.94. The molecule has 0 saturated heterocycles. The first-order valence-electron chi connectivity index (χ1n) is 3.54. The fraction of sp³-hybridized carbons (Fsp3) is 0. The second-order valence-corrected chi connectivity index (χ2v) is 3.43. The number of pyridine rings is 1. The Balaban J connectivity index is 2.75. The number of rotatable bonds is 1. The highest BCUT2D eigenvalue weighted by Crippen LogP contribution is 2.22. The quantitative estimate of drug-likeness (QED) is 0.802. The lowest BCUT2D eigenvalue weighted by atomic mass is 10.3. The third-order valence-corrected chi connectivity index (χ3v) is 2.32. The maximum atomic E-state index is 10.6. The van der Waals surface area contributed by atoms with Gasteiger partial charge in [-0.1, -0.05) is 0 Å². The van der Waals surface area contributed by atoms with E-state index in [4.69, 9.17) is 5.11 Å². The van der Waals surface area contributed by atoms with Gasteiger partial charge >= 0.3 is 5.97 Å².